The van der Waals surface area contributed by atoms with E-state index in [1.165, 1.54) is 20.0 Å². The summed E-state index contributed by atoms with van der Waals surface area (Å²) in [5.41, 5.74) is 1.72. The van der Waals surface area contributed by atoms with Crippen molar-refractivity contribution in [2.75, 3.05) is 20.2 Å². The van der Waals surface area contributed by atoms with Gasteiger partial charge in [-0.2, -0.15) is 0 Å². The van der Waals surface area contributed by atoms with E-state index >= 15 is 0 Å². The van der Waals surface area contributed by atoms with Gasteiger partial charge in [0.25, 0.3) is 0 Å². The number of halogens is 1. The third kappa shape index (κ3) is 5.13. The number of hydrogen-bond acceptors (Lipinski definition) is 6. The van der Waals surface area contributed by atoms with Gasteiger partial charge in [0.15, 0.2) is 6.10 Å². The highest BCUT2D eigenvalue weighted by Gasteiger charge is 2.34. The number of hydrogen-bond donors (Lipinski definition) is 1. The number of carbonyl (C=O) groups is 2. The molecule has 3 atom stereocenters. The molecule has 3 rings (SSSR count). The van der Waals surface area contributed by atoms with Crippen molar-refractivity contribution in [3.05, 3.63) is 35.4 Å². The maximum Gasteiger partial charge on any atom is 0.339 e. The molecule has 0 aromatic heterocycles. The van der Waals surface area contributed by atoms with Crippen LogP contribution in [0, 0.1) is 0 Å². The van der Waals surface area contributed by atoms with Crippen LogP contribution in [0.5, 0.6) is 0 Å². The summed E-state index contributed by atoms with van der Waals surface area (Å²) in [7, 11) is 1.37. The van der Waals surface area contributed by atoms with E-state index in [0.29, 0.717) is 31.0 Å². The molecule has 6 nitrogen and oxygen atoms in total. The maximum atomic E-state index is 12.6. The summed E-state index contributed by atoms with van der Waals surface area (Å²) in [4.78, 5) is 26.2. The standard InChI is InChI=1S/C21H29NO5.BrH/c1-14(20(24)26-2)22-12-11-16(13-22)27-21(25)19(23)18-10-6-5-9-17(18)15-7-3-4-8-15;/h5-6,9-10,14-16,19,23H,3-4,7-8,11-13H2,1-2H3;1H/t14?,16?,19-;/m1./s1. The number of methoxy groups -OCH3 is 1. The quantitative estimate of drug-likeness (QED) is 0.663. The molecule has 0 spiro atoms. The van der Waals surface area contributed by atoms with E-state index in [2.05, 4.69) is 0 Å². The molecule has 2 aliphatic rings. The normalized spacial score (nSPS) is 22.3. The Labute approximate surface area is 177 Å². The van der Waals surface area contributed by atoms with Gasteiger partial charge in [-0.25, -0.2) is 4.79 Å². The van der Waals surface area contributed by atoms with Crippen LogP contribution in [0.1, 0.15) is 62.2 Å². The minimum Gasteiger partial charge on any atom is -0.468 e. The van der Waals surface area contributed by atoms with Crippen LogP contribution in [0.25, 0.3) is 0 Å². The fraction of sp³-hybridized carbons (Fsp3) is 0.619. The lowest BCUT2D eigenvalue weighted by Crippen LogP contribution is -2.39. The van der Waals surface area contributed by atoms with Crippen LogP contribution in [0.2, 0.25) is 0 Å². The van der Waals surface area contributed by atoms with E-state index in [1.54, 1.807) is 6.92 Å². The summed E-state index contributed by atoms with van der Waals surface area (Å²) < 4.78 is 10.3. The smallest absolute Gasteiger partial charge is 0.339 e. The zero-order chi connectivity index (χ0) is 19.4. The molecular formula is C21H30BrNO5. The second kappa shape index (κ2) is 10.4. The number of aliphatic hydroxyl groups excluding tert-OH is 1. The van der Waals surface area contributed by atoms with Crippen molar-refractivity contribution in [3.63, 3.8) is 0 Å². The Morgan fingerprint density at radius 3 is 2.50 bits per heavy atom. The molecule has 28 heavy (non-hydrogen) atoms. The van der Waals surface area contributed by atoms with E-state index in [0.717, 1.165) is 18.4 Å². The van der Waals surface area contributed by atoms with Gasteiger partial charge in [-0.1, -0.05) is 37.1 Å². The van der Waals surface area contributed by atoms with Gasteiger partial charge < -0.3 is 14.6 Å². The van der Waals surface area contributed by atoms with Gasteiger partial charge >= 0.3 is 11.9 Å². The molecule has 2 unspecified atom stereocenters. The first kappa shape index (κ1) is 22.8. The fourth-order valence-corrected chi connectivity index (χ4v) is 4.25. The van der Waals surface area contributed by atoms with Gasteiger partial charge in [0.1, 0.15) is 12.1 Å². The number of benzene rings is 1. The Hall–Kier alpha value is -1.44. The number of rotatable bonds is 6. The summed E-state index contributed by atoms with van der Waals surface area (Å²) in [6.45, 7) is 2.91. The van der Waals surface area contributed by atoms with E-state index in [1.807, 2.05) is 29.2 Å². The summed E-state index contributed by atoms with van der Waals surface area (Å²) in [5, 5.41) is 10.6. The first-order chi connectivity index (χ1) is 13.0. The monoisotopic (exact) mass is 455 g/mol. The fourth-order valence-electron chi connectivity index (χ4n) is 4.25. The predicted octanol–water partition coefficient (Wildman–Crippen LogP) is 3.13. The lowest BCUT2D eigenvalue weighted by molar-refractivity contribution is -0.159. The molecule has 0 amide bonds. The molecule has 1 aromatic carbocycles. The summed E-state index contributed by atoms with van der Waals surface area (Å²) in [5.74, 6) is -0.503. The van der Waals surface area contributed by atoms with Gasteiger partial charge in [-0.05, 0) is 43.2 Å². The molecule has 1 aliphatic heterocycles. The number of esters is 2. The van der Waals surface area contributed by atoms with Crippen LogP contribution in [0.4, 0.5) is 0 Å². The largest absolute Gasteiger partial charge is 0.468 e. The molecule has 1 saturated carbocycles. The third-order valence-corrected chi connectivity index (χ3v) is 5.86. The van der Waals surface area contributed by atoms with Gasteiger partial charge in [0.2, 0.25) is 0 Å². The van der Waals surface area contributed by atoms with Gasteiger partial charge in [-0.3, -0.25) is 9.69 Å². The van der Waals surface area contributed by atoms with Crippen LogP contribution >= 0.6 is 17.0 Å². The topological polar surface area (TPSA) is 76.1 Å². The second-order valence-corrected chi connectivity index (χ2v) is 7.55. The van der Waals surface area contributed by atoms with Crippen molar-refractivity contribution >= 4 is 28.9 Å². The van der Waals surface area contributed by atoms with Crippen LogP contribution in [-0.4, -0.2) is 54.3 Å². The highest BCUT2D eigenvalue weighted by Crippen LogP contribution is 2.37. The average molecular weight is 456 g/mol. The molecule has 2 fully saturated rings. The highest BCUT2D eigenvalue weighted by atomic mass is 79.9. The molecule has 1 aromatic rings. The zero-order valence-corrected chi connectivity index (χ0v) is 18.2. The predicted molar refractivity (Wildman–Crippen MR) is 110 cm³/mol. The Balaban J connectivity index is 0.00000280. The van der Waals surface area contributed by atoms with Crippen molar-refractivity contribution in [1.29, 1.82) is 0 Å². The molecular weight excluding hydrogens is 426 g/mol. The first-order valence-corrected chi connectivity index (χ1v) is 9.80. The molecule has 7 heteroatoms. The second-order valence-electron chi connectivity index (χ2n) is 7.55. The van der Waals surface area contributed by atoms with Crippen LogP contribution in [0.15, 0.2) is 24.3 Å². The molecule has 0 radical (unpaired) electrons. The summed E-state index contributed by atoms with van der Waals surface area (Å²) >= 11 is 0. The molecule has 1 saturated heterocycles. The van der Waals surface area contributed by atoms with Crippen molar-refractivity contribution < 1.29 is 24.2 Å². The Morgan fingerprint density at radius 1 is 1.14 bits per heavy atom. The van der Waals surface area contributed by atoms with Crippen molar-refractivity contribution in [1.82, 2.24) is 4.90 Å². The molecule has 1 N–H and O–H groups in total. The number of likely N-dealkylation sites (tertiary alicyclic amines) is 1. The van der Waals surface area contributed by atoms with Gasteiger partial charge in [-0.15, -0.1) is 17.0 Å². The molecule has 1 heterocycles. The maximum absolute atomic E-state index is 12.6. The minimum absolute atomic E-state index is 0. The van der Waals surface area contributed by atoms with Gasteiger partial charge in [0.05, 0.1) is 7.11 Å². The van der Waals surface area contributed by atoms with E-state index in [9.17, 15) is 14.7 Å². The van der Waals surface area contributed by atoms with E-state index < -0.39 is 12.1 Å². The van der Waals surface area contributed by atoms with Crippen LogP contribution in [-0.2, 0) is 19.1 Å². The first-order valence-electron chi connectivity index (χ1n) is 9.80. The zero-order valence-electron chi connectivity index (χ0n) is 16.5. The summed E-state index contributed by atoms with van der Waals surface area (Å²) in [6, 6.07) is 7.27. The third-order valence-electron chi connectivity index (χ3n) is 5.86. The molecule has 156 valence electrons. The Kier molecular flexibility index (Phi) is 8.46. The number of aliphatic hydroxyl groups is 1. The van der Waals surface area contributed by atoms with E-state index in [4.69, 9.17) is 9.47 Å². The Bertz CT molecular complexity index is 677. The molecule has 0 bridgehead atoms. The Morgan fingerprint density at radius 2 is 1.82 bits per heavy atom. The van der Waals surface area contributed by atoms with Gasteiger partial charge in [0, 0.05) is 13.1 Å². The van der Waals surface area contributed by atoms with Crippen LogP contribution < -0.4 is 0 Å². The lowest BCUT2D eigenvalue weighted by Gasteiger charge is -2.22. The van der Waals surface area contributed by atoms with Crippen LogP contribution in [0.3, 0.4) is 0 Å². The van der Waals surface area contributed by atoms with Crippen molar-refractivity contribution in [2.45, 2.75) is 63.2 Å². The number of nitrogens with zero attached hydrogens (tertiary/aromatic N) is 1. The minimum atomic E-state index is -1.27. The number of ether oxygens (including phenoxy) is 2. The van der Waals surface area contributed by atoms with E-state index in [-0.39, 0.29) is 35.1 Å². The summed E-state index contributed by atoms with van der Waals surface area (Å²) in [6.07, 6.45) is 3.63. The lowest BCUT2D eigenvalue weighted by atomic mass is 9.90. The molecule has 1 aliphatic carbocycles. The average Bonchev–Trinajstić information content (AvgIpc) is 3.38. The number of carbonyl (C=O) groups excluding carboxylic acids is 2. The highest BCUT2D eigenvalue weighted by molar-refractivity contribution is 8.93. The SMILES string of the molecule is Br.COC(=O)C(C)N1CCC(OC(=O)[C@H](O)c2ccccc2C2CCCC2)C1. The van der Waals surface area contributed by atoms with Crippen molar-refractivity contribution in [3.8, 4) is 0 Å². The van der Waals surface area contributed by atoms with Crippen molar-refractivity contribution in [2.24, 2.45) is 0 Å².